The van der Waals surface area contributed by atoms with Gasteiger partial charge in [-0.25, -0.2) is 4.98 Å². The van der Waals surface area contributed by atoms with Crippen LogP contribution in [0.3, 0.4) is 0 Å². The number of H-pyrrole nitrogens is 1. The summed E-state index contributed by atoms with van der Waals surface area (Å²) in [7, 11) is 0. The summed E-state index contributed by atoms with van der Waals surface area (Å²) in [6.07, 6.45) is 1.75. The predicted molar refractivity (Wildman–Crippen MR) is 85.3 cm³/mol. The molecular weight excluding hydrogens is 280 g/mol. The first-order valence-corrected chi connectivity index (χ1v) is 7.29. The van der Waals surface area contributed by atoms with E-state index in [1.165, 1.54) is 0 Å². The molecule has 2 aromatic rings. The van der Waals surface area contributed by atoms with Crippen LogP contribution in [0.4, 0.5) is 0 Å². The second kappa shape index (κ2) is 6.17. The first-order valence-electron chi connectivity index (χ1n) is 7.29. The number of hydrogen-bond donors (Lipinski definition) is 2. The van der Waals surface area contributed by atoms with Crippen molar-refractivity contribution in [2.45, 2.75) is 41.2 Å². The lowest BCUT2D eigenvalue weighted by Crippen LogP contribution is -2.33. The summed E-state index contributed by atoms with van der Waals surface area (Å²) in [5.74, 6) is -0.337. The van der Waals surface area contributed by atoms with Gasteiger partial charge in [-0.3, -0.25) is 9.59 Å². The summed E-state index contributed by atoms with van der Waals surface area (Å²) in [6, 6.07) is 0. The van der Waals surface area contributed by atoms with E-state index < -0.39 is 0 Å². The van der Waals surface area contributed by atoms with Crippen LogP contribution in [0.15, 0.2) is 11.1 Å². The Kier molecular flexibility index (Phi) is 4.49. The van der Waals surface area contributed by atoms with Crippen LogP contribution in [0.25, 0.3) is 0 Å². The number of aryl methyl sites for hydroxylation is 2. The second-order valence-corrected chi connectivity index (χ2v) is 5.57. The first kappa shape index (κ1) is 16.0. The smallest absolute Gasteiger partial charge is 0.261 e. The topological polar surface area (TPSA) is 79.8 Å². The third-order valence-corrected chi connectivity index (χ3v) is 4.24. The highest BCUT2D eigenvalue weighted by Crippen LogP contribution is 2.11. The number of amides is 1. The van der Waals surface area contributed by atoms with Crippen molar-refractivity contribution in [2.75, 3.05) is 6.54 Å². The van der Waals surface area contributed by atoms with E-state index in [-0.39, 0.29) is 17.0 Å². The average molecular weight is 302 g/mol. The largest absolute Gasteiger partial charge is 0.350 e. The van der Waals surface area contributed by atoms with E-state index in [0.717, 1.165) is 28.2 Å². The molecule has 0 aliphatic rings. The first-order chi connectivity index (χ1) is 10.3. The normalized spacial score (nSPS) is 10.8. The molecule has 0 unspecified atom stereocenters. The fraction of sp³-hybridized carbons (Fsp3) is 0.438. The maximum atomic E-state index is 12.3. The van der Waals surface area contributed by atoms with Gasteiger partial charge >= 0.3 is 0 Å². The number of carbonyl (C=O) groups is 1. The van der Waals surface area contributed by atoms with Crippen molar-refractivity contribution in [1.29, 1.82) is 0 Å². The van der Waals surface area contributed by atoms with Gasteiger partial charge in [-0.2, -0.15) is 0 Å². The number of aromatic amines is 1. The second-order valence-electron chi connectivity index (χ2n) is 5.57. The van der Waals surface area contributed by atoms with Gasteiger partial charge < -0.3 is 14.9 Å². The van der Waals surface area contributed by atoms with E-state index in [9.17, 15) is 9.59 Å². The quantitative estimate of drug-likeness (QED) is 0.899. The van der Waals surface area contributed by atoms with Gasteiger partial charge in [-0.15, -0.1) is 0 Å². The fourth-order valence-electron chi connectivity index (χ4n) is 2.39. The van der Waals surface area contributed by atoms with Gasteiger partial charge in [0.2, 0.25) is 0 Å². The van der Waals surface area contributed by atoms with E-state index in [4.69, 9.17) is 0 Å². The minimum absolute atomic E-state index is 0.196. The van der Waals surface area contributed by atoms with Gasteiger partial charge in [-0.05, 0) is 45.7 Å². The van der Waals surface area contributed by atoms with Gasteiger partial charge in [-0.1, -0.05) is 0 Å². The summed E-state index contributed by atoms with van der Waals surface area (Å²) in [6.45, 7) is 10.5. The lowest BCUT2D eigenvalue weighted by molar-refractivity contribution is 0.0950. The monoisotopic (exact) mass is 302 g/mol. The lowest BCUT2D eigenvalue weighted by atomic mass is 10.0. The lowest BCUT2D eigenvalue weighted by Gasteiger charge is -2.11. The molecule has 2 aromatic heterocycles. The van der Waals surface area contributed by atoms with Crippen molar-refractivity contribution in [3.05, 3.63) is 50.5 Å². The maximum Gasteiger partial charge on any atom is 0.261 e. The standard InChI is InChI=1S/C16H22N4O2/c1-9-10(2)14(16(22)19-11(9)3)15(21)17-6-7-20-8-18-12(4)13(20)5/h8H,6-7H2,1-5H3,(H,17,21)(H,19,22). The van der Waals surface area contributed by atoms with Crippen LogP contribution in [0.1, 0.15) is 38.6 Å². The van der Waals surface area contributed by atoms with Crippen molar-refractivity contribution in [1.82, 2.24) is 19.9 Å². The molecular formula is C16H22N4O2. The molecule has 22 heavy (non-hydrogen) atoms. The van der Waals surface area contributed by atoms with E-state index in [1.807, 2.05) is 32.3 Å². The summed E-state index contributed by atoms with van der Waals surface area (Å²) in [5, 5.41) is 2.80. The molecule has 0 fully saturated rings. The minimum atomic E-state index is -0.340. The van der Waals surface area contributed by atoms with Gasteiger partial charge in [0.1, 0.15) is 5.56 Å². The highest BCUT2D eigenvalue weighted by Gasteiger charge is 2.16. The van der Waals surface area contributed by atoms with Gasteiger partial charge in [0.05, 0.1) is 12.0 Å². The zero-order valence-electron chi connectivity index (χ0n) is 13.7. The number of pyridine rings is 1. The van der Waals surface area contributed by atoms with Crippen LogP contribution >= 0.6 is 0 Å². The highest BCUT2D eigenvalue weighted by molar-refractivity contribution is 5.95. The molecule has 0 aliphatic heterocycles. The molecule has 6 heteroatoms. The maximum absolute atomic E-state index is 12.3. The summed E-state index contributed by atoms with van der Waals surface area (Å²) in [5.41, 5.74) is 4.37. The Morgan fingerprint density at radius 3 is 2.50 bits per heavy atom. The fourth-order valence-corrected chi connectivity index (χ4v) is 2.39. The summed E-state index contributed by atoms with van der Waals surface area (Å²) >= 11 is 0. The molecule has 0 saturated carbocycles. The molecule has 0 bridgehead atoms. The summed E-state index contributed by atoms with van der Waals surface area (Å²) in [4.78, 5) is 31.2. The van der Waals surface area contributed by atoms with Crippen LogP contribution in [0.2, 0.25) is 0 Å². The Morgan fingerprint density at radius 2 is 1.91 bits per heavy atom. The van der Waals surface area contributed by atoms with Crippen LogP contribution in [-0.4, -0.2) is 27.0 Å². The molecule has 2 N–H and O–H groups in total. The van der Waals surface area contributed by atoms with Crippen molar-refractivity contribution in [3.63, 3.8) is 0 Å². The Morgan fingerprint density at radius 1 is 1.23 bits per heavy atom. The highest BCUT2D eigenvalue weighted by atomic mass is 16.2. The van der Waals surface area contributed by atoms with E-state index in [1.54, 1.807) is 13.3 Å². The average Bonchev–Trinajstić information content (AvgIpc) is 2.77. The Bertz CT molecular complexity index is 771. The van der Waals surface area contributed by atoms with E-state index >= 15 is 0 Å². The van der Waals surface area contributed by atoms with Crippen LogP contribution in [0.5, 0.6) is 0 Å². The molecule has 2 heterocycles. The Hall–Kier alpha value is -2.37. The van der Waals surface area contributed by atoms with Gasteiger partial charge in [0.15, 0.2) is 0 Å². The number of rotatable bonds is 4. The molecule has 0 aliphatic carbocycles. The van der Waals surface area contributed by atoms with Gasteiger partial charge in [0.25, 0.3) is 11.5 Å². The third-order valence-electron chi connectivity index (χ3n) is 4.24. The number of aromatic nitrogens is 3. The molecule has 1 amide bonds. The number of hydrogen-bond acceptors (Lipinski definition) is 3. The third kappa shape index (κ3) is 2.95. The minimum Gasteiger partial charge on any atom is -0.350 e. The van der Waals surface area contributed by atoms with Crippen molar-refractivity contribution in [2.24, 2.45) is 0 Å². The van der Waals surface area contributed by atoms with Crippen molar-refractivity contribution in [3.8, 4) is 0 Å². The number of imidazole rings is 1. The molecule has 0 aromatic carbocycles. The molecule has 2 rings (SSSR count). The number of carbonyl (C=O) groups excluding carboxylic acids is 1. The van der Waals surface area contributed by atoms with Crippen LogP contribution in [-0.2, 0) is 6.54 Å². The van der Waals surface area contributed by atoms with Crippen LogP contribution in [0, 0.1) is 34.6 Å². The number of nitrogens with one attached hydrogen (secondary N) is 2. The zero-order chi connectivity index (χ0) is 16.4. The predicted octanol–water partition coefficient (Wildman–Crippen LogP) is 1.54. The van der Waals surface area contributed by atoms with Crippen molar-refractivity contribution >= 4 is 5.91 Å². The summed E-state index contributed by atoms with van der Waals surface area (Å²) < 4.78 is 1.98. The van der Waals surface area contributed by atoms with E-state index in [0.29, 0.717) is 13.1 Å². The zero-order valence-corrected chi connectivity index (χ0v) is 13.7. The molecule has 6 nitrogen and oxygen atoms in total. The van der Waals surface area contributed by atoms with Crippen LogP contribution < -0.4 is 10.9 Å². The van der Waals surface area contributed by atoms with Crippen molar-refractivity contribution < 1.29 is 4.79 Å². The molecule has 0 atom stereocenters. The van der Waals surface area contributed by atoms with E-state index in [2.05, 4.69) is 15.3 Å². The molecule has 0 radical (unpaired) electrons. The molecule has 0 saturated heterocycles. The van der Waals surface area contributed by atoms with Gasteiger partial charge in [0, 0.05) is 24.5 Å². The molecule has 0 spiro atoms. The Labute approximate surface area is 129 Å². The number of nitrogens with zero attached hydrogens (tertiary/aromatic N) is 2. The SMILES string of the molecule is Cc1ncn(CCNC(=O)c2c(C)c(C)c(C)[nH]c2=O)c1C. The Balaban J connectivity index is 2.09. The molecule has 118 valence electrons.